The van der Waals surface area contributed by atoms with E-state index in [1.807, 2.05) is 25.1 Å². The highest BCUT2D eigenvalue weighted by Gasteiger charge is 2.36. The lowest BCUT2D eigenvalue weighted by Gasteiger charge is -2.26. The van der Waals surface area contributed by atoms with Crippen LogP contribution in [0.2, 0.25) is 0 Å². The van der Waals surface area contributed by atoms with Crippen molar-refractivity contribution in [3.05, 3.63) is 93.4 Å². The first-order valence-corrected chi connectivity index (χ1v) is 11.4. The number of hydrogen-bond acceptors (Lipinski definition) is 3. The summed E-state index contributed by atoms with van der Waals surface area (Å²) in [5.74, 6) is 1.40. The van der Waals surface area contributed by atoms with Gasteiger partial charge in [-0.3, -0.25) is 4.79 Å². The number of hydrogen-bond donors (Lipinski definition) is 0. The highest BCUT2D eigenvalue weighted by Crippen LogP contribution is 2.36. The van der Waals surface area contributed by atoms with Crippen molar-refractivity contribution in [3.63, 3.8) is 0 Å². The summed E-state index contributed by atoms with van der Waals surface area (Å²) in [6, 6.07) is 9.74. The van der Waals surface area contributed by atoms with Crippen molar-refractivity contribution in [2.24, 2.45) is 0 Å². The van der Waals surface area contributed by atoms with Gasteiger partial charge in [0, 0.05) is 12.1 Å². The van der Waals surface area contributed by atoms with E-state index in [-0.39, 0.29) is 29.9 Å². The largest absolute Gasteiger partial charge is 0.463 e. The average molecular weight is 559 g/mol. The smallest absolute Gasteiger partial charge is 0.416 e. The van der Waals surface area contributed by atoms with Crippen molar-refractivity contribution in [2.45, 2.75) is 31.9 Å². The molecule has 1 amide bonds. The van der Waals surface area contributed by atoms with Gasteiger partial charge in [-0.15, -0.1) is 12.4 Å². The molecule has 0 spiro atoms. The second kappa shape index (κ2) is 11.2. The second-order valence-corrected chi connectivity index (χ2v) is 9.17. The van der Waals surface area contributed by atoms with Crippen LogP contribution in [0.15, 0.2) is 52.9 Å². The molecule has 1 aliphatic heterocycles. The van der Waals surface area contributed by atoms with Gasteiger partial charge in [0.2, 0.25) is 0 Å². The molecule has 204 valence electrons. The van der Waals surface area contributed by atoms with Crippen LogP contribution in [0.3, 0.4) is 0 Å². The van der Waals surface area contributed by atoms with E-state index in [1.165, 1.54) is 12.2 Å². The third-order valence-electron chi connectivity index (χ3n) is 5.93. The lowest BCUT2D eigenvalue weighted by atomic mass is 10.0. The van der Waals surface area contributed by atoms with E-state index in [2.05, 4.69) is 0 Å². The third-order valence-corrected chi connectivity index (χ3v) is 5.93. The van der Waals surface area contributed by atoms with Gasteiger partial charge in [0.05, 0.1) is 24.2 Å². The summed E-state index contributed by atoms with van der Waals surface area (Å²) in [6.07, 6.45) is -6.58. The monoisotopic (exact) mass is 558 g/mol. The Morgan fingerprint density at radius 3 is 2.05 bits per heavy atom. The zero-order chi connectivity index (χ0) is 27.0. The number of benzene rings is 2. The first kappa shape index (κ1) is 29.3. The number of fused-ring (bicyclic) bond motifs is 1. The van der Waals surface area contributed by atoms with Gasteiger partial charge in [-0.1, -0.05) is 24.3 Å². The number of furan rings is 1. The normalized spacial score (nSPS) is 14.1. The fraction of sp³-hybridized carbons (Fsp3) is 0.296. The second-order valence-electron chi connectivity index (χ2n) is 9.17. The molecule has 0 bridgehead atoms. The van der Waals surface area contributed by atoms with Crippen LogP contribution in [-0.4, -0.2) is 36.3 Å². The Balaban J connectivity index is 0.00000400. The summed E-state index contributed by atoms with van der Waals surface area (Å²) in [5, 5.41) is 0. The summed E-state index contributed by atoms with van der Waals surface area (Å²) >= 11 is 0. The van der Waals surface area contributed by atoms with Gasteiger partial charge < -0.3 is 14.2 Å². The summed E-state index contributed by atoms with van der Waals surface area (Å²) in [4.78, 5) is 16.7. The van der Waals surface area contributed by atoms with Crippen molar-refractivity contribution in [3.8, 4) is 0 Å². The number of carbonyl (C=O) groups is 1. The van der Waals surface area contributed by atoms with Crippen molar-refractivity contribution >= 4 is 30.5 Å². The molecule has 4 nitrogen and oxygen atoms in total. The standard InChI is InChI=1S/C27H24F6N2O2.ClH/c1-34(2)15-23-13-20-9-10-35(16-24(20)37-23)25(36)19-7-5-17(6-8-19)3-4-18-11-21(26(28,29)30)14-22(12-18)27(31,32)33;/h3-8,11-14H,9-10,15-16H2,1-2H3;1H. The maximum absolute atomic E-state index is 13.1. The predicted octanol–water partition coefficient (Wildman–Crippen LogP) is 7.17. The Labute approximate surface area is 221 Å². The molecular formula is C27H25ClF6N2O2. The molecular weight excluding hydrogens is 534 g/mol. The molecule has 0 N–H and O–H groups in total. The molecule has 0 saturated carbocycles. The predicted molar refractivity (Wildman–Crippen MR) is 134 cm³/mol. The van der Waals surface area contributed by atoms with Crippen LogP contribution >= 0.6 is 12.4 Å². The van der Waals surface area contributed by atoms with E-state index >= 15 is 0 Å². The van der Waals surface area contributed by atoms with Gasteiger partial charge in [0.15, 0.2) is 0 Å². The van der Waals surface area contributed by atoms with Crippen LogP contribution in [0.5, 0.6) is 0 Å². The number of nitrogens with zero attached hydrogens (tertiary/aromatic N) is 2. The van der Waals surface area contributed by atoms with Crippen LogP contribution in [0, 0.1) is 0 Å². The minimum atomic E-state index is -4.91. The van der Waals surface area contributed by atoms with Crippen molar-refractivity contribution in [1.82, 2.24) is 9.80 Å². The van der Waals surface area contributed by atoms with Crippen molar-refractivity contribution < 1.29 is 35.6 Å². The highest BCUT2D eigenvalue weighted by atomic mass is 35.5. The number of alkyl halides is 6. The van der Waals surface area contributed by atoms with Gasteiger partial charge in [-0.25, -0.2) is 0 Å². The van der Waals surface area contributed by atoms with Crippen molar-refractivity contribution in [2.75, 3.05) is 20.6 Å². The molecule has 38 heavy (non-hydrogen) atoms. The molecule has 0 unspecified atom stereocenters. The Bertz CT molecular complexity index is 1280. The number of carbonyl (C=O) groups excluding carboxylic acids is 1. The Hall–Kier alpha value is -3.24. The Kier molecular flexibility index (Phi) is 8.68. The minimum absolute atomic E-state index is 0. The van der Waals surface area contributed by atoms with E-state index in [9.17, 15) is 31.1 Å². The fourth-order valence-electron chi connectivity index (χ4n) is 4.13. The zero-order valence-electron chi connectivity index (χ0n) is 20.5. The van der Waals surface area contributed by atoms with Crippen LogP contribution in [0.4, 0.5) is 26.3 Å². The molecule has 0 saturated heterocycles. The van der Waals surface area contributed by atoms with Gasteiger partial charge in [-0.05, 0) is 73.6 Å². The number of rotatable bonds is 5. The van der Waals surface area contributed by atoms with Crippen LogP contribution in [0.25, 0.3) is 12.2 Å². The van der Waals surface area contributed by atoms with Gasteiger partial charge >= 0.3 is 12.4 Å². The summed E-state index contributed by atoms with van der Waals surface area (Å²) in [7, 11) is 3.88. The van der Waals surface area contributed by atoms with Gasteiger partial charge in [0.1, 0.15) is 11.5 Å². The number of amides is 1. The molecule has 0 fully saturated rings. The maximum Gasteiger partial charge on any atom is 0.416 e. The minimum Gasteiger partial charge on any atom is -0.463 e. The molecule has 0 aliphatic carbocycles. The van der Waals surface area contributed by atoms with Gasteiger partial charge in [0.25, 0.3) is 5.91 Å². The van der Waals surface area contributed by atoms with Crippen LogP contribution in [-0.2, 0) is 31.9 Å². The first-order valence-electron chi connectivity index (χ1n) is 11.4. The molecule has 0 radical (unpaired) electrons. The Morgan fingerprint density at radius 1 is 0.921 bits per heavy atom. The van der Waals surface area contributed by atoms with Crippen molar-refractivity contribution in [1.29, 1.82) is 0 Å². The lowest BCUT2D eigenvalue weighted by molar-refractivity contribution is -0.143. The molecule has 1 aliphatic rings. The molecule has 2 aromatic carbocycles. The summed E-state index contributed by atoms with van der Waals surface area (Å²) in [5.41, 5.74) is -0.971. The molecule has 0 atom stereocenters. The molecule has 11 heteroatoms. The SMILES string of the molecule is CN(C)Cc1cc2c(o1)CN(C(=O)c1ccc(C=Cc3cc(C(F)(F)F)cc(C(F)(F)F)c3)cc1)CC2.Cl. The van der Waals surface area contributed by atoms with Crippen LogP contribution in [0.1, 0.15) is 49.7 Å². The highest BCUT2D eigenvalue weighted by molar-refractivity contribution is 5.94. The van der Waals surface area contributed by atoms with E-state index in [1.54, 1.807) is 29.2 Å². The average Bonchev–Trinajstić information content (AvgIpc) is 3.22. The van der Waals surface area contributed by atoms with E-state index in [0.29, 0.717) is 49.3 Å². The molecule has 2 heterocycles. The lowest BCUT2D eigenvalue weighted by Crippen LogP contribution is -2.35. The van der Waals surface area contributed by atoms with E-state index in [0.717, 1.165) is 17.1 Å². The van der Waals surface area contributed by atoms with E-state index in [4.69, 9.17) is 4.42 Å². The first-order chi connectivity index (χ1) is 17.3. The van der Waals surface area contributed by atoms with E-state index < -0.39 is 23.5 Å². The fourth-order valence-corrected chi connectivity index (χ4v) is 4.13. The number of halogens is 7. The van der Waals surface area contributed by atoms with Gasteiger partial charge in [-0.2, -0.15) is 26.3 Å². The molecule has 1 aromatic heterocycles. The quantitative estimate of drug-likeness (QED) is 0.246. The Morgan fingerprint density at radius 2 is 1.50 bits per heavy atom. The summed E-state index contributed by atoms with van der Waals surface area (Å²) in [6.45, 7) is 1.54. The summed E-state index contributed by atoms with van der Waals surface area (Å²) < 4.78 is 84.3. The third kappa shape index (κ3) is 6.99. The zero-order valence-corrected chi connectivity index (χ0v) is 21.3. The molecule has 4 rings (SSSR count). The maximum atomic E-state index is 13.1. The molecule has 3 aromatic rings. The van der Waals surface area contributed by atoms with Crippen LogP contribution < -0.4 is 0 Å². The topological polar surface area (TPSA) is 36.7 Å².